The maximum Gasteiger partial charge on any atom is 0.233 e. The van der Waals surface area contributed by atoms with Crippen LogP contribution in [0.5, 0.6) is 0 Å². The summed E-state index contributed by atoms with van der Waals surface area (Å²) in [4.78, 5) is 33.8. The van der Waals surface area contributed by atoms with E-state index in [1.165, 1.54) is 0 Å². The maximum atomic E-state index is 12.4. The van der Waals surface area contributed by atoms with E-state index in [2.05, 4.69) is 20.4 Å². The molecule has 124 valence electrons. The zero-order chi connectivity index (χ0) is 16.5. The van der Waals surface area contributed by atoms with Crippen LogP contribution < -0.4 is 5.32 Å². The fraction of sp³-hybridized carbons (Fsp3) is 0.438. The predicted octanol–water partition coefficient (Wildman–Crippen LogP) is 0.584. The van der Waals surface area contributed by atoms with Crippen molar-refractivity contribution in [3.8, 4) is 11.4 Å². The van der Waals surface area contributed by atoms with Crippen molar-refractivity contribution in [1.29, 1.82) is 0 Å². The minimum absolute atomic E-state index is 0.0225. The van der Waals surface area contributed by atoms with Gasteiger partial charge in [0.1, 0.15) is 0 Å². The molecular weight excluding hydrogens is 310 g/mol. The number of pyridine rings is 1. The van der Waals surface area contributed by atoms with Crippen LogP contribution in [0.1, 0.15) is 24.7 Å². The van der Waals surface area contributed by atoms with Crippen molar-refractivity contribution >= 4 is 11.8 Å². The number of carbonyl (C=O) groups is 2. The molecule has 0 saturated carbocycles. The zero-order valence-corrected chi connectivity index (χ0v) is 13.0. The molecule has 2 aliphatic heterocycles. The van der Waals surface area contributed by atoms with Crippen molar-refractivity contribution in [2.45, 2.75) is 18.8 Å². The largest absolute Gasteiger partial charge is 0.355 e. The molecule has 2 saturated heterocycles. The molecule has 4 heterocycles. The maximum absolute atomic E-state index is 12.4. The van der Waals surface area contributed by atoms with Crippen LogP contribution in [0, 0.1) is 5.92 Å². The van der Waals surface area contributed by atoms with E-state index in [4.69, 9.17) is 4.52 Å². The number of carbonyl (C=O) groups excluding carboxylic acids is 2. The summed E-state index contributed by atoms with van der Waals surface area (Å²) >= 11 is 0. The van der Waals surface area contributed by atoms with Crippen LogP contribution in [0.15, 0.2) is 29.0 Å². The lowest BCUT2D eigenvalue weighted by Crippen LogP contribution is -2.53. The van der Waals surface area contributed by atoms with Crippen molar-refractivity contribution in [2.24, 2.45) is 5.92 Å². The Hall–Kier alpha value is -2.77. The van der Waals surface area contributed by atoms with E-state index in [-0.39, 0.29) is 23.7 Å². The average Bonchev–Trinajstić information content (AvgIpc) is 3.04. The summed E-state index contributed by atoms with van der Waals surface area (Å²) in [6, 6.07) is 3.69. The second-order valence-corrected chi connectivity index (χ2v) is 6.18. The van der Waals surface area contributed by atoms with Crippen LogP contribution >= 0.6 is 0 Å². The normalized spacial score (nSPS) is 21.2. The van der Waals surface area contributed by atoms with Crippen LogP contribution in [-0.4, -0.2) is 51.5 Å². The minimum Gasteiger partial charge on any atom is -0.355 e. The molecular formula is C16H17N5O3. The molecule has 4 rings (SSSR count). The molecule has 1 atom stereocenters. The van der Waals surface area contributed by atoms with Gasteiger partial charge in [0.2, 0.25) is 23.5 Å². The van der Waals surface area contributed by atoms with Gasteiger partial charge in [-0.05, 0) is 18.6 Å². The van der Waals surface area contributed by atoms with Gasteiger partial charge < -0.3 is 14.7 Å². The number of amides is 2. The third kappa shape index (κ3) is 2.75. The number of hydrogen-bond donors (Lipinski definition) is 1. The highest BCUT2D eigenvalue weighted by Crippen LogP contribution is 2.29. The summed E-state index contributed by atoms with van der Waals surface area (Å²) in [5.41, 5.74) is 0.803. The van der Waals surface area contributed by atoms with Crippen LogP contribution in [0.2, 0.25) is 0 Å². The Bertz CT molecular complexity index is 744. The van der Waals surface area contributed by atoms with E-state index in [0.29, 0.717) is 44.2 Å². The molecule has 2 aliphatic rings. The molecule has 24 heavy (non-hydrogen) atoms. The molecule has 2 aromatic rings. The van der Waals surface area contributed by atoms with Crippen LogP contribution in [0.25, 0.3) is 11.4 Å². The fourth-order valence-electron chi connectivity index (χ4n) is 3.03. The molecule has 2 amide bonds. The first-order chi connectivity index (χ1) is 11.7. The lowest BCUT2D eigenvalue weighted by atomic mass is 9.93. The summed E-state index contributed by atoms with van der Waals surface area (Å²) in [6.07, 6.45) is 4.42. The second-order valence-electron chi connectivity index (χ2n) is 6.18. The smallest absolute Gasteiger partial charge is 0.233 e. The van der Waals surface area contributed by atoms with Crippen LogP contribution in [0.4, 0.5) is 0 Å². The number of likely N-dealkylation sites (tertiary alicyclic amines) is 1. The number of rotatable bonds is 3. The fourth-order valence-corrected chi connectivity index (χ4v) is 3.03. The van der Waals surface area contributed by atoms with Gasteiger partial charge in [-0.25, -0.2) is 0 Å². The van der Waals surface area contributed by atoms with E-state index in [9.17, 15) is 9.59 Å². The highest BCUT2D eigenvalue weighted by atomic mass is 16.5. The Balaban J connectivity index is 1.35. The first-order valence-corrected chi connectivity index (χ1v) is 8.00. The molecule has 8 nitrogen and oxygen atoms in total. The van der Waals surface area contributed by atoms with E-state index in [1.807, 2.05) is 12.1 Å². The lowest BCUT2D eigenvalue weighted by molar-refractivity contribution is -0.142. The van der Waals surface area contributed by atoms with Crippen molar-refractivity contribution < 1.29 is 14.1 Å². The van der Waals surface area contributed by atoms with Crippen LogP contribution in [-0.2, 0) is 9.59 Å². The van der Waals surface area contributed by atoms with Crippen LogP contribution in [0.3, 0.4) is 0 Å². The van der Waals surface area contributed by atoms with Gasteiger partial charge >= 0.3 is 0 Å². The van der Waals surface area contributed by atoms with E-state index in [1.54, 1.807) is 17.3 Å². The van der Waals surface area contributed by atoms with E-state index >= 15 is 0 Å². The summed E-state index contributed by atoms with van der Waals surface area (Å²) < 4.78 is 5.33. The average molecular weight is 327 g/mol. The van der Waals surface area contributed by atoms with E-state index < -0.39 is 0 Å². The lowest BCUT2D eigenvalue weighted by Gasteiger charge is -2.39. The molecule has 0 spiro atoms. The van der Waals surface area contributed by atoms with Crippen molar-refractivity contribution in [3.63, 3.8) is 0 Å². The van der Waals surface area contributed by atoms with Gasteiger partial charge in [0.25, 0.3) is 0 Å². The Labute approximate surface area is 138 Å². The topological polar surface area (TPSA) is 101 Å². The van der Waals surface area contributed by atoms with E-state index in [0.717, 1.165) is 5.56 Å². The Morgan fingerprint density at radius 3 is 2.96 bits per heavy atom. The molecule has 8 heteroatoms. The van der Waals surface area contributed by atoms with Gasteiger partial charge in [-0.1, -0.05) is 5.16 Å². The molecule has 1 unspecified atom stereocenters. The molecule has 2 aromatic heterocycles. The highest BCUT2D eigenvalue weighted by Gasteiger charge is 2.39. The second kappa shape index (κ2) is 6.03. The Morgan fingerprint density at radius 2 is 2.25 bits per heavy atom. The molecule has 0 aliphatic carbocycles. The third-order valence-corrected chi connectivity index (χ3v) is 4.52. The number of nitrogens with one attached hydrogen (secondary N) is 1. The van der Waals surface area contributed by atoms with Crippen molar-refractivity contribution in [1.82, 2.24) is 25.3 Å². The third-order valence-electron chi connectivity index (χ3n) is 4.52. The summed E-state index contributed by atoms with van der Waals surface area (Å²) in [5.74, 6) is 1.14. The molecule has 0 aromatic carbocycles. The number of hydrogen-bond acceptors (Lipinski definition) is 6. The molecule has 1 N–H and O–H groups in total. The summed E-state index contributed by atoms with van der Waals surface area (Å²) in [7, 11) is 0. The van der Waals surface area contributed by atoms with Gasteiger partial charge in [0.05, 0.1) is 11.8 Å². The monoisotopic (exact) mass is 327 g/mol. The minimum atomic E-state index is -0.114. The molecule has 2 fully saturated rings. The van der Waals surface area contributed by atoms with Crippen molar-refractivity contribution in [3.05, 3.63) is 30.4 Å². The number of piperidine rings is 1. The first-order valence-electron chi connectivity index (χ1n) is 8.00. The van der Waals surface area contributed by atoms with Gasteiger partial charge in [0, 0.05) is 44.0 Å². The summed E-state index contributed by atoms with van der Waals surface area (Å²) in [6.45, 7) is 1.60. The van der Waals surface area contributed by atoms with Gasteiger partial charge in [-0.15, -0.1) is 0 Å². The highest BCUT2D eigenvalue weighted by molar-refractivity contribution is 5.84. The number of nitrogens with zero attached hydrogens (tertiary/aromatic N) is 4. The molecule has 0 radical (unpaired) electrons. The quantitative estimate of drug-likeness (QED) is 0.885. The SMILES string of the molecule is O=C1CCC(C(=O)N2CC(c3nc(-c4cccnc4)no3)C2)CN1. The summed E-state index contributed by atoms with van der Waals surface area (Å²) in [5, 5.41) is 6.73. The Morgan fingerprint density at radius 1 is 1.38 bits per heavy atom. The van der Waals surface area contributed by atoms with Gasteiger partial charge in [-0.3, -0.25) is 14.6 Å². The zero-order valence-electron chi connectivity index (χ0n) is 13.0. The van der Waals surface area contributed by atoms with Gasteiger partial charge in [0.15, 0.2) is 0 Å². The standard InChI is InChI=1S/C16H17N5O3/c22-13-4-3-11(7-18-13)16(23)21-8-12(9-21)15-19-14(20-24-15)10-2-1-5-17-6-10/h1-2,5-6,11-12H,3-4,7-9H2,(H,18,22). The predicted molar refractivity (Wildman–Crippen MR) is 82.6 cm³/mol. The first kappa shape index (κ1) is 14.8. The van der Waals surface area contributed by atoms with Gasteiger partial charge in [-0.2, -0.15) is 4.98 Å². The van der Waals surface area contributed by atoms with Crippen molar-refractivity contribution in [2.75, 3.05) is 19.6 Å². The molecule has 0 bridgehead atoms. The Kier molecular flexibility index (Phi) is 3.72. The number of aromatic nitrogens is 3.